The maximum absolute atomic E-state index is 12.1. The molecule has 0 aliphatic rings. The summed E-state index contributed by atoms with van der Waals surface area (Å²) in [4.78, 5) is 12.1. The third-order valence-corrected chi connectivity index (χ3v) is 3.03. The Bertz CT molecular complexity index is 588. The molecular weight excluding hydrogens is 236 g/mol. The van der Waals surface area contributed by atoms with Gasteiger partial charge in [0.2, 0.25) is 0 Å². The van der Waals surface area contributed by atoms with E-state index in [2.05, 4.69) is 5.32 Å². The summed E-state index contributed by atoms with van der Waals surface area (Å²) in [6.45, 7) is 4.48. The first-order valence-corrected chi connectivity index (χ1v) is 6.26. The summed E-state index contributed by atoms with van der Waals surface area (Å²) >= 11 is 0. The van der Waals surface area contributed by atoms with Gasteiger partial charge in [0.05, 0.1) is 5.56 Å². The molecule has 19 heavy (non-hydrogen) atoms. The number of carbonyl (C=O) groups is 1. The molecular formula is C16H18N2O. The number of rotatable bonds is 3. The Morgan fingerprint density at radius 3 is 2.37 bits per heavy atom. The number of nitrogens with one attached hydrogen (secondary N) is 1. The van der Waals surface area contributed by atoms with Gasteiger partial charge in [0.1, 0.15) is 0 Å². The maximum Gasteiger partial charge on any atom is 0.253 e. The monoisotopic (exact) mass is 254 g/mol. The molecule has 0 spiro atoms. The number of nitrogens with two attached hydrogens (primary N) is 1. The fourth-order valence-electron chi connectivity index (χ4n) is 1.85. The Balaban J connectivity index is 2.05. The summed E-state index contributed by atoms with van der Waals surface area (Å²) in [5, 5.41) is 2.88. The van der Waals surface area contributed by atoms with Crippen molar-refractivity contribution in [2.45, 2.75) is 20.4 Å². The third kappa shape index (κ3) is 3.35. The number of nitrogen functional groups attached to an aromatic ring is 1. The van der Waals surface area contributed by atoms with Crippen LogP contribution in [0.3, 0.4) is 0 Å². The molecule has 0 fully saturated rings. The molecule has 0 aliphatic carbocycles. The predicted molar refractivity (Wildman–Crippen MR) is 77.9 cm³/mol. The van der Waals surface area contributed by atoms with Crippen LogP contribution in [-0.2, 0) is 6.54 Å². The normalized spacial score (nSPS) is 10.2. The van der Waals surface area contributed by atoms with Crippen LogP contribution in [0.25, 0.3) is 0 Å². The highest BCUT2D eigenvalue weighted by atomic mass is 16.1. The van der Waals surface area contributed by atoms with E-state index in [1.165, 1.54) is 5.56 Å². The molecule has 0 saturated carbocycles. The second-order valence-corrected chi connectivity index (χ2v) is 4.76. The second-order valence-electron chi connectivity index (χ2n) is 4.76. The Labute approximate surface area is 113 Å². The van der Waals surface area contributed by atoms with Gasteiger partial charge in [-0.15, -0.1) is 0 Å². The molecule has 0 radical (unpaired) electrons. The van der Waals surface area contributed by atoms with Crippen molar-refractivity contribution in [2.24, 2.45) is 0 Å². The van der Waals surface area contributed by atoms with Gasteiger partial charge in [0.15, 0.2) is 0 Å². The van der Waals surface area contributed by atoms with E-state index in [1.54, 1.807) is 12.1 Å². The minimum atomic E-state index is -0.137. The van der Waals surface area contributed by atoms with E-state index in [0.29, 0.717) is 17.8 Å². The fourth-order valence-corrected chi connectivity index (χ4v) is 1.85. The summed E-state index contributed by atoms with van der Waals surface area (Å²) in [6, 6.07) is 13.5. The van der Waals surface area contributed by atoms with Gasteiger partial charge in [0, 0.05) is 12.2 Å². The smallest absolute Gasteiger partial charge is 0.253 e. The van der Waals surface area contributed by atoms with Gasteiger partial charge in [-0.2, -0.15) is 0 Å². The highest BCUT2D eigenvalue weighted by molar-refractivity contribution is 5.99. The lowest BCUT2D eigenvalue weighted by Gasteiger charge is -2.08. The molecule has 3 nitrogen and oxygen atoms in total. The highest BCUT2D eigenvalue weighted by Crippen LogP contribution is 2.13. The van der Waals surface area contributed by atoms with E-state index in [9.17, 15) is 4.79 Å². The van der Waals surface area contributed by atoms with Crippen LogP contribution in [0, 0.1) is 13.8 Å². The van der Waals surface area contributed by atoms with Crippen LogP contribution in [0.15, 0.2) is 42.5 Å². The molecule has 3 N–H and O–H groups in total. The minimum absolute atomic E-state index is 0.137. The van der Waals surface area contributed by atoms with Crippen molar-refractivity contribution in [3.8, 4) is 0 Å². The number of benzene rings is 2. The topological polar surface area (TPSA) is 55.1 Å². The van der Waals surface area contributed by atoms with Crippen LogP contribution in [0.5, 0.6) is 0 Å². The first kappa shape index (κ1) is 13.1. The molecule has 2 rings (SSSR count). The predicted octanol–water partition coefficient (Wildman–Crippen LogP) is 2.82. The Morgan fingerprint density at radius 1 is 1.05 bits per heavy atom. The zero-order valence-corrected chi connectivity index (χ0v) is 11.2. The van der Waals surface area contributed by atoms with Gasteiger partial charge in [0.25, 0.3) is 5.91 Å². The van der Waals surface area contributed by atoms with Crippen LogP contribution in [0.4, 0.5) is 5.69 Å². The lowest BCUT2D eigenvalue weighted by molar-refractivity contribution is 0.0951. The van der Waals surface area contributed by atoms with Gasteiger partial charge in [-0.25, -0.2) is 0 Å². The van der Waals surface area contributed by atoms with Gasteiger partial charge in [-0.3, -0.25) is 4.79 Å². The van der Waals surface area contributed by atoms with Crippen molar-refractivity contribution in [3.05, 3.63) is 64.7 Å². The molecule has 98 valence electrons. The van der Waals surface area contributed by atoms with Crippen LogP contribution in [0.1, 0.15) is 27.0 Å². The Morgan fingerprint density at radius 2 is 1.68 bits per heavy atom. The molecule has 0 aromatic heterocycles. The average molecular weight is 254 g/mol. The molecule has 2 aromatic carbocycles. The van der Waals surface area contributed by atoms with Crippen molar-refractivity contribution in [2.75, 3.05) is 5.73 Å². The molecule has 0 unspecified atom stereocenters. The molecule has 3 heteroatoms. The van der Waals surface area contributed by atoms with Crippen molar-refractivity contribution in [1.82, 2.24) is 5.32 Å². The average Bonchev–Trinajstić information content (AvgIpc) is 2.40. The molecule has 0 heterocycles. The third-order valence-electron chi connectivity index (χ3n) is 3.03. The van der Waals surface area contributed by atoms with Gasteiger partial charge >= 0.3 is 0 Å². The van der Waals surface area contributed by atoms with Crippen molar-refractivity contribution in [3.63, 3.8) is 0 Å². The first-order valence-electron chi connectivity index (χ1n) is 6.26. The summed E-state index contributed by atoms with van der Waals surface area (Å²) in [5.74, 6) is -0.137. The number of hydrogen-bond acceptors (Lipinski definition) is 2. The largest absolute Gasteiger partial charge is 0.398 e. The number of carbonyl (C=O) groups excluding carboxylic acids is 1. The van der Waals surface area contributed by atoms with Gasteiger partial charge in [-0.05, 0) is 31.5 Å². The van der Waals surface area contributed by atoms with E-state index < -0.39 is 0 Å². The van der Waals surface area contributed by atoms with Crippen LogP contribution in [-0.4, -0.2) is 5.91 Å². The van der Waals surface area contributed by atoms with E-state index in [4.69, 9.17) is 5.73 Å². The van der Waals surface area contributed by atoms with Gasteiger partial charge < -0.3 is 11.1 Å². The SMILES string of the molecule is Cc1ccc(CNC(=O)c2cc(C)ccc2N)cc1. The van der Waals surface area contributed by atoms with Crippen molar-refractivity contribution >= 4 is 11.6 Å². The molecule has 0 aliphatic heterocycles. The quantitative estimate of drug-likeness (QED) is 0.827. The summed E-state index contributed by atoms with van der Waals surface area (Å²) in [7, 11) is 0. The highest BCUT2D eigenvalue weighted by Gasteiger charge is 2.09. The van der Waals surface area contributed by atoms with E-state index in [0.717, 1.165) is 11.1 Å². The summed E-state index contributed by atoms with van der Waals surface area (Å²) < 4.78 is 0. The number of anilines is 1. The van der Waals surface area contributed by atoms with E-state index in [-0.39, 0.29) is 5.91 Å². The number of aryl methyl sites for hydroxylation is 2. The minimum Gasteiger partial charge on any atom is -0.398 e. The lowest BCUT2D eigenvalue weighted by Crippen LogP contribution is -2.23. The zero-order valence-electron chi connectivity index (χ0n) is 11.2. The molecule has 0 atom stereocenters. The molecule has 2 aromatic rings. The maximum atomic E-state index is 12.1. The van der Waals surface area contributed by atoms with E-state index >= 15 is 0 Å². The van der Waals surface area contributed by atoms with Gasteiger partial charge in [-0.1, -0.05) is 41.5 Å². The van der Waals surface area contributed by atoms with Crippen LogP contribution in [0.2, 0.25) is 0 Å². The molecule has 1 amide bonds. The summed E-state index contributed by atoms with van der Waals surface area (Å²) in [6.07, 6.45) is 0. The molecule has 0 saturated heterocycles. The zero-order chi connectivity index (χ0) is 13.8. The number of hydrogen-bond donors (Lipinski definition) is 2. The van der Waals surface area contributed by atoms with Crippen molar-refractivity contribution < 1.29 is 4.79 Å². The first-order chi connectivity index (χ1) is 9.06. The van der Waals surface area contributed by atoms with Crippen LogP contribution >= 0.6 is 0 Å². The van der Waals surface area contributed by atoms with E-state index in [1.807, 2.05) is 44.2 Å². The fraction of sp³-hybridized carbons (Fsp3) is 0.188. The summed E-state index contributed by atoms with van der Waals surface area (Å²) in [5.41, 5.74) is 10.2. The molecule has 0 bridgehead atoms. The van der Waals surface area contributed by atoms with Crippen molar-refractivity contribution in [1.29, 1.82) is 0 Å². The lowest BCUT2D eigenvalue weighted by atomic mass is 10.1. The Kier molecular flexibility index (Phi) is 3.85. The standard InChI is InChI=1S/C16H18N2O/c1-11-3-6-13(7-4-11)10-18-16(19)14-9-12(2)5-8-15(14)17/h3-9H,10,17H2,1-2H3,(H,18,19). The second kappa shape index (κ2) is 5.57. The van der Waals surface area contributed by atoms with Crippen LogP contribution < -0.4 is 11.1 Å². The number of amides is 1. The Hall–Kier alpha value is -2.29.